The van der Waals surface area contributed by atoms with Gasteiger partial charge in [0.25, 0.3) is 0 Å². The predicted molar refractivity (Wildman–Crippen MR) is 112 cm³/mol. The standard InChI is InChI=1S/C23H25F3N4O3/c24-23(25,26)33-18-5-1-15(2-6-18)12-29-8-7-22(31)30-14-19(9-17(30)13-29)32-21-11-27-20(10-28-21)16-3-4-16/h1-2,5-6,10-11,16-17,19H,3-4,7-9,12-14H2/t17-,19?/m1/s1. The number of hydrogen-bond acceptors (Lipinski definition) is 6. The molecule has 1 aromatic heterocycles. The first-order valence-electron chi connectivity index (χ1n) is 11.2. The minimum atomic E-state index is -4.71. The van der Waals surface area contributed by atoms with Crippen molar-refractivity contribution in [2.75, 3.05) is 19.6 Å². The van der Waals surface area contributed by atoms with Crippen LogP contribution in [0.5, 0.6) is 11.6 Å². The van der Waals surface area contributed by atoms with E-state index in [1.807, 2.05) is 4.90 Å². The Balaban J connectivity index is 1.18. The van der Waals surface area contributed by atoms with Crippen LogP contribution in [-0.2, 0) is 11.3 Å². The summed E-state index contributed by atoms with van der Waals surface area (Å²) in [6, 6.07) is 5.89. The maximum atomic E-state index is 12.7. The van der Waals surface area contributed by atoms with Crippen LogP contribution in [-0.4, -0.2) is 63.8 Å². The maximum absolute atomic E-state index is 12.7. The molecule has 1 amide bonds. The largest absolute Gasteiger partial charge is 0.573 e. The number of amides is 1. The summed E-state index contributed by atoms with van der Waals surface area (Å²) >= 11 is 0. The first kappa shape index (κ1) is 21.9. The molecule has 1 unspecified atom stereocenters. The van der Waals surface area contributed by atoms with E-state index in [0.717, 1.165) is 24.1 Å². The van der Waals surface area contributed by atoms with Crippen LogP contribution in [0, 0.1) is 0 Å². The highest BCUT2D eigenvalue weighted by molar-refractivity contribution is 5.77. The number of carbonyl (C=O) groups excluding carboxylic acids is 1. The number of fused-ring (bicyclic) bond motifs is 1. The summed E-state index contributed by atoms with van der Waals surface area (Å²) in [7, 11) is 0. The van der Waals surface area contributed by atoms with Gasteiger partial charge in [-0.3, -0.25) is 14.7 Å². The van der Waals surface area contributed by atoms with Crippen molar-refractivity contribution in [2.24, 2.45) is 0 Å². The number of hydrogen-bond donors (Lipinski definition) is 0. The Morgan fingerprint density at radius 3 is 2.52 bits per heavy atom. The average molecular weight is 462 g/mol. The van der Waals surface area contributed by atoms with Crippen LogP contribution >= 0.6 is 0 Å². The maximum Gasteiger partial charge on any atom is 0.573 e. The minimum Gasteiger partial charge on any atom is -0.471 e. The van der Waals surface area contributed by atoms with E-state index >= 15 is 0 Å². The molecule has 0 N–H and O–H groups in total. The summed E-state index contributed by atoms with van der Waals surface area (Å²) in [6.45, 7) is 2.35. The molecule has 0 spiro atoms. The molecular formula is C23H25F3N4O3. The van der Waals surface area contributed by atoms with Crippen molar-refractivity contribution in [3.63, 3.8) is 0 Å². The Bertz CT molecular complexity index is 980. The average Bonchev–Trinajstić information content (AvgIpc) is 3.56. The van der Waals surface area contributed by atoms with Crippen molar-refractivity contribution in [1.82, 2.24) is 19.8 Å². The van der Waals surface area contributed by atoms with Gasteiger partial charge in [0.15, 0.2) is 0 Å². The second kappa shape index (κ2) is 8.81. The van der Waals surface area contributed by atoms with Gasteiger partial charge >= 0.3 is 6.36 Å². The van der Waals surface area contributed by atoms with Crippen LogP contribution in [0.1, 0.15) is 42.9 Å². The van der Waals surface area contributed by atoms with Gasteiger partial charge in [-0.05, 0) is 30.5 Å². The zero-order chi connectivity index (χ0) is 23.0. The third-order valence-electron chi connectivity index (χ3n) is 6.30. The Labute approximate surface area is 189 Å². The molecule has 7 nitrogen and oxygen atoms in total. The quantitative estimate of drug-likeness (QED) is 0.655. The normalized spacial score (nSPS) is 23.8. The Kier molecular flexibility index (Phi) is 5.86. The van der Waals surface area contributed by atoms with Crippen molar-refractivity contribution < 1.29 is 27.4 Å². The molecule has 3 aliphatic rings. The van der Waals surface area contributed by atoms with Crippen LogP contribution in [0.15, 0.2) is 36.7 Å². The summed E-state index contributed by atoms with van der Waals surface area (Å²) in [5.41, 5.74) is 1.87. The second-order valence-electron chi connectivity index (χ2n) is 8.91. The van der Waals surface area contributed by atoms with Crippen LogP contribution in [0.4, 0.5) is 13.2 Å². The molecular weight excluding hydrogens is 437 g/mol. The van der Waals surface area contributed by atoms with E-state index in [-0.39, 0.29) is 23.8 Å². The highest BCUT2D eigenvalue weighted by Crippen LogP contribution is 2.38. The molecule has 2 aromatic rings. The molecule has 1 saturated carbocycles. The number of benzene rings is 1. The van der Waals surface area contributed by atoms with Crippen molar-refractivity contribution in [2.45, 2.75) is 56.7 Å². The number of nitrogens with zero attached hydrogens (tertiary/aromatic N) is 4. The Morgan fingerprint density at radius 2 is 1.85 bits per heavy atom. The first-order chi connectivity index (χ1) is 15.8. The zero-order valence-electron chi connectivity index (χ0n) is 18.0. The van der Waals surface area contributed by atoms with E-state index in [1.54, 1.807) is 24.5 Å². The molecule has 1 aromatic carbocycles. The van der Waals surface area contributed by atoms with Gasteiger partial charge in [-0.15, -0.1) is 13.2 Å². The summed E-state index contributed by atoms with van der Waals surface area (Å²) in [6.07, 6.45) is 2.02. The summed E-state index contributed by atoms with van der Waals surface area (Å²) in [5.74, 6) is 0.866. The fourth-order valence-corrected chi connectivity index (χ4v) is 4.57. The third-order valence-corrected chi connectivity index (χ3v) is 6.30. The monoisotopic (exact) mass is 462 g/mol. The molecule has 2 aliphatic heterocycles. The molecule has 2 saturated heterocycles. The SMILES string of the molecule is O=C1CCN(Cc2ccc(OC(F)(F)F)cc2)C[C@H]2CC(Oc3cnc(C4CC4)cn3)CN12. The van der Waals surface area contributed by atoms with Gasteiger partial charge in [0.05, 0.1) is 24.6 Å². The molecule has 0 radical (unpaired) electrons. The molecule has 2 atom stereocenters. The number of ether oxygens (including phenoxy) is 2. The van der Waals surface area contributed by atoms with Gasteiger partial charge in [0, 0.05) is 44.4 Å². The fraction of sp³-hybridized carbons (Fsp3) is 0.522. The van der Waals surface area contributed by atoms with Crippen LogP contribution in [0.3, 0.4) is 0 Å². The van der Waals surface area contributed by atoms with Crippen molar-refractivity contribution >= 4 is 5.91 Å². The fourth-order valence-electron chi connectivity index (χ4n) is 4.57. The van der Waals surface area contributed by atoms with E-state index in [0.29, 0.717) is 50.8 Å². The molecule has 1 aliphatic carbocycles. The van der Waals surface area contributed by atoms with Gasteiger partial charge in [0.2, 0.25) is 11.8 Å². The van der Waals surface area contributed by atoms with Gasteiger partial charge in [-0.2, -0.15) is 0 Å². The van der Waals surface area contributed by atoms with Crippen LogP contribution in [0.2, 0.25) is 0 Å². The van der Waals surface area contributed by atoms with Crippen LogP contribution < -0.4 is 9.47 Å². The summed E-state index contributed by atoms with van der Waals surface area (Å²) < 4.78 is 47.0. The highest BCUT2D eigenvalue weighted by atomic mass is 19.4. The smallest absolute Gasteiger partial charge is 0.471 e. The minimum absolute atomic E-state index is 0.0246. The zero-order valence-corrected chi connectivity index (χ0v) is 18.0. The molecule has 5 rings (SSSR count). The molecule has 33 heavy (non-hydrogen) atoms. The predicted octanol–water partition coefficient (Wildman–Crippen LogP) is 3.51. The topological polar surface area (TPSA) is 67.8 Å². The molecule has 10 heteroatoms. The van der Waals surface area contributed by atoms with E-state index in [9.17, 15) is 18.0 Å². The lowest BCUT2D eigenvalue weighted by atomic mass is 10.1. The number of alkyl halides is 3. The van der Waals surface area contributed by atoms with Crippen molar-refractivity contribution in [3.8, 4) is 11.6 Å². The molecule has 176 valence electrons. The van der Waals surface area contributed by atoms with Crippen molar-refractivity contribution in [1.29, 1.82) is 0 Å². The van der Waals surface area contributed by atoms with E-state index < -0.39 is 6.36 Å². The van der Waals surface area contributed by atoms with Crippen LogP contribution in [0.25, 0.3) is 0 Å². The summed E-state index contributed by atoms with van der Waals surface area (Å²) in [5, 5.41) is 0. The van der Waals surface area contributed by atoms with Gasteiger partial charge in [0.1, 0.15) is 11.9 Å². The first-order valence-corrected chi connectivity index (χ1v) is 11.2. The van der Waals surface area contributed by atoms with Gasteiger partial charge < -0.3 is 14.4 Å². The number of rotatable bonds is 6. The Hall–Kier alpha value is -2.88. The lowest BCUT2D eigenvalue weighted by Crippen LogP contribution is -2.38. The number of carbonyl (C=O) groups is 1. The van der Waals surface area contributed by atoms with E-state index in [2.05, 4.69) is 19.6 Å². The van der Waals surface area contributed by atoms with E-state index in [1.165, 1.54) is 12.1 Å². The van der Waals surface area contributed by atoms with Gasteiger partial charge in [-0.25, -0.2) is 4.98 Å². The molecule has 0 bridgehead atoms. The van der Waals surface area contributed by atoms with E-state index in [4.69, 9.17) is 4.74 Å². The number of aromatic nitrogens is 2. The Morgan fingerprint density at radius 1 is 1.06 bits per heavy atom. The highest BCUT2D eigenvalue weighted by Gasteiger charge is 2.39. The second-order valence-corrected chi connectivity index (χ2v) is 8.91. The lowest BCUT2D eigenvalue weighted by molar-refractivity contribution is -0.274. The summed E-state index contributed by atoms with van der Waals surface area (Å²) in [4.78, 5) is 25.6. The van der Waals surface area contributed by atoms with Gasteiger partial charge in [-0.1, -0.05) is 12.1 Å². The number of halogens is 3. The molecule has 3 fully saturated rings. The lowest BCUT2D eigenvalue weighted by Gasteiger charge is -2.25. The third kappa shape index (κ3) is 5.55. The molecule has 3 heterocycles. The van der Waals surface area contributed by atoms with Crippen molar-refractivity contribution in [3.05, 3.63) is 47.9 Å².